The molecule has 0 radical (unpaired) electrons. The second kappa shape index (κ2) is 6.74. The maximum atomic E-state index is 13.3. The van der Waals surface area contributed by atoms with Crippen LogP contribution >= 0.6 is 0 Å². The van der Waals surface area contributed by atoms with Crippen molar-refractivity contribution in [1.29, 1.82) is 0 Å². The van der Waals surface area contributed by atoms with E-state index >= 15 is 0 Å². The molecular formula is C22H24N2O7. The number of amides is 1. The molecule has 1 fully saturated rings. The lowest BCUT2D eigenvalue weighted by atomic mass is 9.53. The maximum Gasteiger partial charge on any atom is 0.255 e. The van der Waals surface area contributed by atoms with Crippen molar-refractivity contribution in [1.82, 2.24) is 4.90 Å². The Hall–Kier alpha value is -3.01. The summed E-state index contributed by atoms with van der Waals surface area (Å²) in [6, 6.07) is 3.47. The highest BCUT2D eigenvalue weighted by molar-refractivity contribution is 6.22. The third kappa shape index (κ3) is 2.57. The number of carbonyl (C=O) groups is 3. The van der Waals surface area contributed by atoms with Gasteiger partial charge in [0.05, 0.1) is 17.5 Å². The van der Waals surface area contributed by atoms with Crippen molar-refractivity contribution in [3.05, 3.63) is 47.2 Å². The van der Waals surface area contributed by atoms with Crippen LogP contribution in [0.2, 0.25) is 0 Å². The number of hydrogen-bond donors (Lipinski definition) is 5. The Morgan fingerprint density at radius 1 is 1.23 bits per heavy atom. The molecule has 1 aromatic carbocycles. The van der Waals surface area contributed by atoms with Gasteiger partial charge in [0.1, 0.15) is 23.2 Å². The first-order valence-electron chi connectivity index (χ1n) is 9.84. The molecule has 3 aliphatic rings. The Balaban J connectivity index is 1.95. The fourth-order valence-corrected chi connectivity index (χ4v) is 5.60. The predicted molar refractivity (Wildman–Crippen MR) is 109 cm³/mol. The second-order valence-corrected chi connectivity index (χ2v) is 8.69. The number of hydrogen-bond acceptors (Lipinski definition) is 8. The van der Waals surface area contributed by atoms with Gasteiger partial charge in [-0.1, -0.05) is 18.7 Å². The molecule has 0 heterocycles. The molecule has 4 rings (SSSR count). The summed E-state index contributed by atoms with van der Waals surface area (Å²) in [6.45, 7) is 4.06. The van der Waals surface area contributed by atoms with Crippen molar-refractivity contribution >= 4 is 23.0 Å². The summed E-state index contributed by atoms with van der Waals surface area (Å²) in [7, 11) is 3.13. The van der Waals surface area contributed by atoms with E-state index in [2.05, 4.69) is 6.58 Å². The molecule has 6 atom stereocenters. The quantitative estimate of drug-likeness (QED) is 0.403. The van der Waals surface area contributed by atoms with Crippen LogP contribution in [0.5, 0.6) is 5.75 Å². The Morgan fingerprint density at radius 3 is 2.45 bits per heavy atom. The van der Waals surface area contributed by atoms with Gasteiger partial charge in [-0.05, 0) is 43.6 Å². The standard InChI is InChI=1S/C22H24N2O7/c1-8-9-5-4-6-12(25)13(9)17(26)14-10(8)7-11-16(24(2)3)18(27)15(21(23)30)20(29)22(11,31)19(14)28/h4-6,10-11,14,16,19,25,28-29,31H,1,7H2,2-3H3,(H2,23,30)/t10?,11?,14?,16-,19?,22-/m0/s1. The van der Waals surface area contributed by atoms with E-state index in [4.69, 9.17) is 5.73 Å². The van der Waals surface area contributed by atoms with Crippen LogP contribution < -0.4 is 5.73 Å². The van der Waals surface area contributed by atoms with Gasteiger partial charge in [-0.3, -0.25) is 19.3 Å². The summed E-state index contributed by atoms with van der Waals surface area (Å²) in [5.74, 6) is -6.87. The highest BCUT2D eigenvalue weighted by Gasteiger charge is 2.66. The fourth-order valence-electron chi connectivity index (χ4n) is 5.60. The first kappa shape index (κ1) is 21.2. The molecule has 0 bridgehead atoms. The summed E-state index contributed by atoms with van der Waals surface area (Å²) in [4.78, 5) is 39.7. The number of Topliss-reactive ketones (excluding diaryl/α,β-unsaturated/α-hetero) is 2. The number of aliphatic hydroxyl groups is 3. The number of likely N-dealkylation sites (N-methyl/N-ethyl adjacent to an activating group) is 1. The van der Waals surface area contributed by atoms with Crippen molar-refractivity contribution in [3.63, 3.8) is 0 Å². The number of nitrogens with two attached hydrogens (primary N) is 1. The number of phenolic OH excluding ortho intramolecular Hbond substituents is 1. The summed E-state index contributed by atoms with van der Waals surface area (Å²) in [6.07, 6.45) is -1.85. The van der Waals surface area contributed by atoms with Gasteiger partial charge in [-0.15, -0.1) is 0 Å². The molecule has 0 aromatic heterocycles. The number of nitrogens with zero attached hydrogens (tertiary/aromatic N) is 1. The van der Waals surface area contributed by atoms with Crippen molar-refractivity contribution in [3.8, 4) is 5.75 Å². The summed E-state index contributed by atoms with van der Waals surface area (Å²) in [5.41, 5.74) is 2.93. The Bertz CT molecular complexity index is 1080. The van der Waals surface area contributed by atoms with Gasteiger partial charge < -0.3 is 26.2 Å². The monoisotopic (exact) mass is 428 g/mol. The van der Waals surface area contributed by atoms with E-state index in [9.17, 15) is 34.8 Å². The van der Waals surface area contributed by atoms with Crippen molar-refractivity contribution < 1.29 is 34.8 Å². The summed E-state index contributed by atoms with van der Waals surface area (Å²) >= 11 is 0. The van der Waals surface area contributed by atoms with Gasteiger partial charge in [-0.25, -0.2) is 0 Å². The third-order valence-corrected chi connectivity index (χ3v) is 7.00. The zero-order chi connectivity index (χ0) is 23.0. The molecule has 164 valence electrons. The van der Waals surface area contributed by atoms with Gasteiger partial charge in [0.25, 0.3) is 5.91 Å². The normalized spacial score (nSPS) is 35.0. The molecular weight excluding hydrogens is 404 g/mol. The molecule has 4 unspecified atom stereocenters. The molecule has 31 heavy (non-hydrogen) atoms. The zero-order valence-corrected chi connectivity index (χ0v) is 17.1. The summed E-state index contributed by atoms with van der Waals surface area (Å²) < 4.78 is 0. The van der Waals surface area contributed by atoms with Gasteiger partial charge in [0.15, 0.2) is 17.2 Å². The smallest absolute Gasteiger partial charge is 0.255 e. The van der Waals surface area contributed by atoms with Crippen LogP contribution in [0.3, 0.4) is 0 Å². The SMILES string of the molecule is C=C1c2cccc(O)c2C(=O)C2C1CC1[C@H](N(C)C)C(=O)C(C(N)=O)=C(O)[C@@]1(O)C2O. The molecule has 3 aliphatic carbocycles. The zero-order valence-electron chi connectivity index (χ0n) is 17.1. The van der Waals surface area contributed by atoms with Gasteiger partial charge in [0.2, 0.25) is 0 Å². The van der Waals surface area contributed by atoms with E-state index in [1.54, 1.807) is 26.2 Å². The van der Waals surface area contributed by atoms with Crippen LogP contribution in [-0.2, 0) is 9.59 Å². The molecule has 1 saturated carbocycles. The van der Waals surface area contributed by atoms with Gasteiger partial charge in [-0.2, -0.15) is 0 Å². The lowest BCUT2D eigenvalue weighted by Crippen LogP contribution is -2.69. The average molecular weight is 428 g/mol. The lowest BCUT2D eigenvalue weighted by molar-refractivity contribution is -0.178. The van der Waals surface area contributed by atoms with Crippen LogP contribution in [0.1, 0.15) is 22.3 Å². The topological polar surface area (TPSA) is 161 Å². The minimum atomic E-state index is -2.47. The number of phenols is 1. The third-order valence-electron chi connectivity index (χ3n) is 7.00. The predicted octanol–water partition coefficient (Wildman–Crippen LogP) is -0.244. The molecule has 6 N–H and O–H groups in total. The Kier molecular flexibility index (Phi) is 4.62. The minimum absolute atomic E-state index is 0.0236. The first-order valence-corrected chi connectivity index (χ1v) is 9.84. The van der Waals surface area contributed by atoms with E-state index in [1.165, 1.54) is 11.0 Å². The van der Waals surface area contributed by atoms with Crippen LogP contribution in [0.4, 0.5) is 0 Å². The maximum absolute atomic E-state index is 13.3. The van der Waals surface area contributed by atoms with E-state index in [-0.39, 0.29) is 17.7 Å². The molecule has 9 heteroatoms. The van der Waals surface area contributed by atoms with Crippen LogP contribution in [0.25, 0.3) is 5.57 Å². The van der Waals surface area contributed by atoms with Crippen molar-refractivity contribution in [2.75, 3.05) is 14.1 Å². The van der Waals surface area contributed by atoms with Gasteiger partial charge >= 0.3 is 0 Å². The van der Waals surface area contributed by atoms with E-state index in [0.717, 1.165) is 0 Å². The number of rotatable bonds is 2. The highest BCUT2D eigenvalue weighted by Crippen LogP contribution is 2.56. The second-order valence-electron chi connectivity index (χ2n) is 8.69. The number of allylic oxidation sites excluding steroid dienone is 1. The Morgan fingerprint density at radius 2 is 1.87 bits per heavy atom. The van der Waals surface area contributed by atoms with Crippen LogP contribution in [-0.4, -0.2) is 74.6 Å². The molecule has 1 aromatic rings. The van der Waals surface area contributed by atoms with E-state index < -0.39 is 64.3 Å². The number of aliphatic hydroxyl groups excluding tert-OH is 2. The molecule has 0 saturated heterocycles. The number of fused-ring (bicyclic) bond motifs is 3. The minimum Gasteiger partial charge on any atom is -0.508 e. The molecule has 0 spiro atoms. The number of aromatic hydroxyl groups is 1. The number of primary amides is 1. The van der Waals surface area contributed by atoms with Crippen LogP contribution in [0, 0.1) is 17.8 Å². The van der Waals surface area contributed by atoms with E-state index in [1.807, 2.05) is 0 Å². The average Bonchev–Trinajstić information content (AvgIpc) is 2.68. The number of carbonyl (C=O) groups excluding carboxylic acids is 3. The fraction of sp³-hybridized carbons (Fsp3) is 0.409. The first-order chi connectivity index (χ1) is 14.4. The molecule has 1 amide bonds. The van der Waals surface area contributed by atoms with E-state index in [0.29, 0.717) is 11.1 Å². The van der Waals surface area contributed by atoms with Crippen molar-refractivity contribution in [2.45, 2.75) is 24.2 Å². The summed E-state index contributed by atoms with van der Waals surface area (Å²) in [5, 5.41) is 43.8. The number of benzene rings is 1. The van der Waals surface area contributed by atoms with Crippen LogP contribution in [0.15, 0.2) is 36.1 Å². The largest absolute Gasteiger partial charge is 0.508 e. The van der Waals surface area contributed by atoms with Gasteiger partial charge in [0, 0.05) is 5.92 Å². The molecule has 0 aliphatic heterocycles. The number of ketones is 2. The van der Waals surface area contributed by atoms with Crippen molar-refractivity contribution in [2.24, 2.45) is 23.5 Å². The highest BCUT2D eigenvalue weighted by atomic mass is 16.4. The lowest BCUT2D eigenvalue weighted by Gasteiger charge is -2.55. The Labute approximate surface area is 178 Å². The molecule has 9 nitrogen and oxygen atoms in total.